The van der Waals surface area contributed by atoms with Gasteiger partial charge in [0.1, 0.15) is 0 Å². The van der Waals surface area contributed by atoms with Crippen molar-refractivity contribution < 1.29 is 0 Å². The molecule has 0 bridgehead atoms. The third-order valence-electron chi connectivity index (χ3n) is 4.17. The Balaban J connectivity index is 1.88. The summed E-state index contributed by atoms with van der Waals surface area (Å²) in [5.41, 5.74) is 2.76. The molecule has 100 valence electrons. The van der Waals surface area contributed by atoms with E-state index in [1.54, 1.807) is 0 Å². The highest BCUT2D eigenvalue weighted by atomic mass is 14.9. The Bertz CT molecular complexity index is 333. The SMILES string of the molecule is Cc1ccc([C@@H](C)NC2CCCCCCC2)cc1. The molecule has 18 heavy (non-hydrogen) atoms. The molecule has 1 aliphatic carbocycles. The zero-order valence-corrected chi connectivity index (χ0v) is 11.9. The van der Waals surface area contributed by atoms with Crippen LogP contribution in [0.1, 0.15) is 69.0 Å². The van der Waals surface area contributed by atoms with Gasteiger partial charge in [0.25, 0.3) is 0 Å². The molecule has 1 aromatic rings. The van der Waals surface area contributed by atoms with E-state index in [2.05, 4.69) is 43.4 Å². The Hall–Kier alpha value is -0.820. The quantitative estimate of drug-likeness (QED) is 0.809. The van der Waals surface area contributed by atoms with Crippen LogP contribution in [0.3, 0.4) is 0 Å². The van der Waals surface area contributed by atoms with Crippen LogP contribution in [0.25, 0.3) is 0 Å². The number of rotatable bonds is 3. The Morgan fingerprint density at radius 1 is 0.944 bits per heavy atom. The summed E-state index contributed by atoms with van der Waals surface area (Å²) in [5.74, 6) is 0. The van der Waals surface area contributed by atoms with Crippen molar-refractivity contribution in [1.82, 2.24) is 5.32 Å². The molecular weight excluding hydrogens is 218 g/mol. The van der Waals surface area contributed by atoms with Crippen LogP contribution >= 0.6 is 0 Å². The van der Waals surface area contributed by atoms with Crippen molar-refractivity contribution in [3.63, 3.8) is 0 Å². The molecule has 1 N–H and O–H groups in total. The first-order valence-electron chi connectivity index (χ1n) is 7.58. The fraction of sp³-hybridized carbons (Fsp3) is 0.647. The van der Waals surface area contributed by atoms with Gasteiger partial charge in [-0.05, 0) is 32.3 Å². The number of aryl methyl sites for hydroxylation is 1. The minimum absolute atomic E-state index is 0.482. The average molecular weight is 245 g/mol. The second kappa shape index (κ2) is 6.94. The monoisotopic (exact) mass is 245 g/mol. The summed E-state index contributed by atoms with van der Waals surface area (Å²) < 4.78 is 0. The summed E-state index contributed by atoms with van der Waals surface area (Å²) in [6.45, 7) is 4.44. The van der Waals surface area contributed by atoms with Gasteiger partial charge >= 0.3 is 0 Å². The Kier molecular flexibility index (Phi) is 5.25. The van der Waals surface area contributed by atoms with E-state index in [0.717, 1.165) is 6.04 Å². The molecule has 0 unspecified atom stereocenters. The van der Waals surface area contributed by atoms with E-state index in [9.17, 15) is 0 Å². The van der Waals surface area contributed by atoms with Crippen LogP contribution in [0.5, 0.6) is 0 Å². The molecule has 1 aliphatic rings. The highest BCUT2D eigenvalue weighted by Gasteiger charge is 2.14. The van der Waals surface area contributed by atoms with Crippen molar-refractivity contribution in [2.45, 2.75) is 70.9 Å². The predicted molar refractivity (Wildman–Crippen MR) is 78.8 cm³/mol. The Morgan fingerprint density at radius 2 is 1.50 bits per heavy atom. The van der Waals surface area contributed by atoms with Gasteiger partial charge < -0.3 is 5.32 Å². The van der Waals surface area contributed by atoms with Crippen molar-refractivity contribution in [3.05, 3.63) is 35.4 Å². The first-order valence-corrected chi connectivity index (χ1v) is 7.58. The molecular formula is C17H27N. The molecule has 0 saturated heterocycles. The number of hydrogen-bond donors (Lipinski definition) is 1. The number of nitrogens with one attached hydrogen (secondary N) is 1. The van der Waals surface area contributed by atoms with Crippen LogP contribution < -0.4 is 5.32 Å². The Labute approximate surface area is 112 Å². The minimum Gasteiger partial charge on any atom is -0.307 e. The van der Waals surface area contributed by atoms with Crippen LogP contribution in [0, 0.1) is 6.92 Å². The zero-order valence-electron chi connectivity index (χ0n) is 11.9. The first kappa shape index (κ1) is 13.6. The first-order chi connectivity index (χ1) is 8.75. The summed E-state index contributed by atoms with van der Waals surface area (Å²) in [6.07, 6.45) is 9.82. The van der Waals surface area contributed by atoms with Crippen LogP contribution in [0.15, 0.2) is 24.3 Å². The fourth-order valence-electron chi connectivity index (χ4n) is 2.93. The maximum Gasteiger partial charge on any atom is 0.0294 e. The normalized spacial score (nSPS) is 20.1. The molecule has 0 radical (unpaired) electrons. The van der Waals surface area contributed by atoms with Gasteiger partial charge in [-0.2, -0.15) is 0 Å². The van der Waals surface area contributed by atoms with Gasteiger partial charge in [-0.3, -0.25) is 0 Å². The summed E-state index contributed by atoms with van der Waals surface area (Å²) in [5, 5.41) is 3.82. The standard InChI is InChI=1S/C17H27N/c1-14-10-12-16(13-11-14)15(2)18-17-8-6-4-3-5-7-9-17/h10-13,15,17-18H,3-9H2,1-2H3/t15-/m1/s1. The van der Waals surface area contributed by atoms with Gasteiger partial charge in [-0.25, -0.2) is 0 Å². The van der Waals surface area contributed by atoms with Gasteiger partial charge in [0.2, 0.25) is 0 Å². The molecule has 1 aromatic carbocycles. The highest BCUT2D eigenvalue weighted by molar-refractivity contribution is 5.23. The second-order valence-corrected chi connectivity index (χ2v) is 5.84. The van der Waals surface area contributed by atoms with Gasteiger partial charge in [0, 0.05) is 12.1 Å². The lowest BCUT2D eigenvalue weighted by Gasteiger charge is -2.25. The van der Waals surface area contributed by atoms with Crippen LogP contribution in [0.2, 0.25) is 0 Å². The van der Waals surface area contributed by atoms with Crippen molar-refractivity contribution in [2.75, 3.05) is 0 Å². The van der Waals surface area contributed by atoms with Gasteiger partial charge in [-0.15, -0.1) is 0 Å². The molecule has 0 amide bonds. The van der Waals surface area contributed by atoms with E-state index >= 15 is 0 Å². The summed E-state index contributed by atoms with van der Waals surface area (Å²) >= 11 is 0. The molecule has 1 atom stereocenters. The smallest absolute Gasteiger partial charge is 0.0294 e. The van der Waals surface area contributed by atoms with Crippen molar-refractivity contribution in [1.29, 1.82) is 0 Å². The van der Waals surface area contributed by atoms with Gasteiger partial charge in [0.05, 0.1) is 0 Å². The number of benzene rings is 1. The zero-order chi connectivity index (χ0) is 12.8. The van der Waals surface area contributed by atoms with E-state index in [1.165, 1.54) is 56.1 Å². The molecule has 0 aromatic heterocycles. The third kappa shape index (κ3) is 4.13. The topological polar surface area (TPSA) is 12.0 Å². The molecule has 0 spiro atoms. The maximum atomic E-state index is 3.82. The van der Waals surface area contributed by atoms with Crippen molar-refractivity contribution in [3.8, 4) is 0 Å². The molecule has 1 heteroatoms. The summed E-state index contributed by atoms with van der Waals surface area (Å²) in [7, 11) is 0. The average Bonchev–Trinajstić information content (AvgIpc) is 2.33. The lowest BCUT2D eigenvalue weighted by molar-refractivity contribution is 0.363. The van der Waals surface area contributed by atoms with E-state index in [0.29, 0.717) is 6.04 Å². The van der Waals surface area contributed by atoms with E-state index in [-0.39, 0.29) is 0 Å². The van der Waals surface area contributed by atoms with Crippen molar-refractivity contribution >= 4 is 0 Å². The molecule has 2 rings (SSSR count). The lowest BCUT2D eigenvalue weighted by Crippen LogP contribution is -2.32. The van der Waals surface area contributed by atoms with Crippen LogP contribution in [0.4, 0.5) is 0 Å². The molecule has 0 heterocycles. The van der Waals surface area contributed by atoms with E-state index < -0.39 is 0 Å². The summed E-state index contributed by atoms with van der Waals surface area (Å²) in [6, 6.07) is 10.2. The van der Waals surface area contributed by atoms with Gasteiger partial charge in [0.15, 0.2) is 0 Å². The molecule has 1 nitrogen and oxygen atoms in total. The van der Waals surface area contributed by atoms with Crippen molar-refractivity contribution in [2.24, 2.45) is 0 Å². The molecule has 0 aliphatic heterocycles. The largest absolute Gasteiger partial charge is 0.307 e. The molecule has 1 fully saturated rings. The number of hydrogen-bond acceptors (Lipinski definition) is 1. The lowest BCUT2D eigenvalue weighted by atomic mass is 9.95. The highest BCUT2D eigenvalue weighted by Crippen LogP contribution is 2.21. The fourth-order valence-corrected chi connectivity index (χ4v) is 2.93. The maximum absolute atomic E-state index is 3.82. The third-order valence-corrected chi connectivity index (χ3v) is 4.17. The second-order valence-electron chi connectivity index (χ2n) is 5.84. The van der Waals surface area contributed by atoms with Gasteiger partial charge in [-0.1, -0.05) is 61.9 Å². The Morgan fingerprint density at radius 3 is 2.11 bits per heavy atom. The molecule has 1 saturated carbocycles. The summed E-state index contributed by atoms with van der Waals surface area (Å²) in [4.78, 5) is 0. The van der Waals surface area contributed by atoms with Crippen LogP contribution in [-0.2, 0) is 0 Å². The predicted octanol–water partition coefficient (Wildman–Crippen LogP) is 4.76. The van der Waals surface area contributed by atoms with E-state index in [1.807, 2.05) is 0 Å². The van der Waals surface area contributed by atoms with E-state index in [4.69, 9.17) is 0 Å². The minimum atomic E-state index is 0.482. The van der Waals surface area contributed by atoms with Crippen LogP contribution in [-0.4, -0.2) is 6.04 Å².